The van der Waals surface area contributed by atoms with E-state index in [1.807, 2.05) is 36.4 Å². The van der Waals surface area contributed by atoms with Crippen LogP contribution in [0.1, 0.15) is 0 Å². The highest BCUT2D eigenvalue weighted by molar-refractivity contribution is 6.14. The van der Waals surface area contributed by atoms with E-state index in [2.05, 4.69) is 140 Å². The van der Waals surface area contributed by atoms with Crippen LogP contribution in [0.4, 0.5) is 0 Å². The van der Waals surface area contributed by atoms with Crippen molar-refractivity contribution >= 4 is 43.5 Å². The van der Waals surface area contributed by atoms with Crippen molar-refractivity contribution in [2.75, 3.05) is 0 Å². The smallest absolute Gasteiger partial charge is 0.164 e. The molecule has 0 bridgehead atoms. The number of furan rings is 1. The molecule has 2 aromatic heterocycles. The van der Waals surface area contributed by atoms with E-state index in [0.29, 0.717) is 17.5 Å². The Labute approximate surface area is 294 Å². The minimum Gasteiger partial charge on any atom is -0.456 e. The molecular formula is C47H29N3O. The number of hydrogen-bond acceptors (Lipinski definition) is 4. The molecule has 0 spiro atoms. The first-order chi connectivity index (χ1) is 25.3. The van der Waals surface area contributed by atoms with Gasteiger partial charge in [-0.25, -0.2) is 15.0 Å². The van der Waals surface area contributed by atoms with Crippen LogP contribution in [-0.2, 0) is 0 Å². The molecule has 0 aliphatic rings. The summed E-state index contributed by atoms with van der Waals surface area (Å²) in [6, 6.07) is 61.1. The SMILES string of the molecule is c1ccc(-c2ccc(-c3nc(-c4cc(-c5ccccc5)c5ccc6ccccc6c5c4)nc(-c4cccc5oc6ccccc6c45)n3)cc2)cc1. The molecule has 10 rings (SSSR count). The van der Waals surface area contributed by atoms with Gasteiger partial charge in [-0.05, 0) is 68.1 Å². The quantitative estimate of drug-likeness (QED) is 0.174. The van der Waals surface area contributed by atoms with Crippen LogP contribution < -0.4 is 0 Å². The van der Waals surface area contributed by atoms with Gasteiger partial charge in [-0.2, -0.15) is 0 Å². The lowest BCUT2D eigenvalue weighted by molar-refractivity contribution is 0.669. The van der Waals surface area contributed by atoms with Gasteiger partial charge in [-0.15, -0.1) is 0 Å². The summed E-state index contributed by atoms with van der Waals surface area (Å²) < 4.78 is 6.28. The topological polar surface area (TPSA) is 51.8 Å². The largest absolute Gasteiger partial charge is 0.456 e. The number of rotatable bonds is 5. The van der Waals surface area contributed by atoms with E-state index in [9.17, 15) is 0 Å². The van der Waals surface area contributed by atoms with E-state index in [-0.39, 0.29) is 0 Å². The van der Waals surface area contributed by atoms with Crippen molar-refractivity contribution in [3.63, 3.8) is 0 Å². The van der Waals surface area contributed by atoms with Gasteiger partial charge in [0.1, 0.15) is 11.2 Å². The van der Waals surface area contributed by atoms with Gasteiger partial charge in [0.2, 0.25) is 0 Å². The van der Waals surface area contributed by atoms with Gasteiger partial charge in [0.15, 0.2) is 17.5 Å². The standard InChI is InChI=1S/C47H29N3O/c1-3-12-30(13-4-1)31-22-24-34(25-23-31)45-48-46(50-47(49-45)39-19-11-21-43-44(39)38-18-9-10-20-42(38)51-43)35-28-40(32-14-5-2-6-15-32)37-27-26-33-16-7-8-17-36(33)41(37)29-35/h1-29H. The van der Waals surface area contributed by atoms with Crippen LogP contribution in [0.3, 0.4) is 0 Å². The Morgan fingerprint density at radius 3 is 1.73 bits per heavy atom. The third-order valence-electron chi connectivity index (χ3n) is 9.73. The predicted molar refractivity (Wildman–Crippen MR) is 209 cm³/mol. The maximum absolute atomic E-state index is 6.28. The second-order valence-electron chi connectivity index (χ2n) is 12.8. The van der Waals surface area contributed by atoms with E-state index in [1.165, 1.54) is 16.2 Å². The van der Waals surface area contributed by atoms with Crippen LogP contribution in [0.5, 0.6) is 0 Å². The van der Waals surface area contributed by atoms with Gasteiger partial charge in [-0.3, -0.25) is 0 Å². The zero-order valence-electron chi connectivity index (χ0n) is 27.5. The van der Waals surface area contributed by atoms with Crippen molar-refractivity contribution in [1.82, 2.24) is 15.0 Å². The van der Waals surface area contributed by atoms with E-state index in [0.717, 1.165) is 66.3 Å². The number of benzene rings is 8. The first-order valence-electron chi connectivity index (χ1n) is 17.1. The Bertz CT molecular complexity index is 2900. The zero-order valence-corrected chi connectivity index (χ0v) is 27.5. The van der Waals surface area contributed by atoms with Crippen LogP contribution in [0.25, 0.3) is 99.9 Å². The number of fused-ring (bicyclic) bond motifs is 6. The Morgan fingerprint density at radius 1 is 0.314 bits per heavy atom. The molecule has 0 amide bonds. The van der Waals surface area contributed by atoms with Gasteiger partial charge < -0.3 is 4.42 Å². The number of nitrogens with zero attached hydrogens (tertiary/aromatic N) is 3. The molecule has 0 unspecified atom stereocenters. The monoisotopic (exact) mass is 651 g/mol. The van der Waals surface area contributed by atoms with Crippen LogP contribution in [0, 0.1) is 0 Å². The molecule has 2 heterocycles. The third-order valence-corrected chi connectivity index (χ3v) is 9.73. The molecule has 0 saturated heterocycles. The Kier molecular flexibility index (Phi) is 6.78. The zero-order chi connectivity index (χ0) is 33.7. The molecule has 8 aromatic carbocycles. The van der Waals surface area contributed by atoms with Crippen LogP contribution in [0.15, 0.2) is 180 Å². The summed E-state index contributed by atoms with van der Waals surface area (Å²) in [7, 11) is 0. The van der Waals surface area contributed by atoms with Crippen LogP contribution in [-0.4, -0.2) is 15.0 Å². The fourth-order valence-electron chi connectivity index (χ4n) is 7.26. The van der Waals surface area contributed by atoms with Crippen molar-refractivity contribution in [3.05, 3.63) is 176 Å². The number of para-hydroxylation sites is 1. The molecule has 4 nitrogen and oxygen atoms in total. The van der Waals surface area contributed by atoms with Crippen molar-refractivity contribution < 1.29 is 4.42 Å². The fourth-order valence-corrected chi connectivity index (χ4v) is 7.26. The molecule has 0 atom stereocenters. The molecule has 238 valence electrons. The van der Waals surface area contributed by atoms with Crippen molar-refractivity contribution in [2.45, 2.75) is 0 Å². The molecule has 10 aromatic rings. The summed E-state index contributed by atoms with van der Waals surface area (Å²) >= 11 is 0. The third kappa shape index (κ3) is 5.04. The van der Waals surface area contributed by atoms with E-state index >= 15 is 0 Å². The molecule has 0 aliphatic heterocycles. The lowest BCUT2D eigenvalue weighted by Crippen LogP contribution is -2.01. The summed E-state index contributed by atoms with van der Waals surface area (Å²) in [5.41, 5.74) is 8.94. The normalized spacial score (nSPS) is 11.5. The van der Waals surface area contributed by atoms with Gasteiger partial charge in [0.25, 0.3) is 0 Å². The highest BCUT2D eigenvalue weighted by atomic mass is 16.3. The minimum absolute atomic E-state index is 0.596. The lowest BCUT2D eigenvalue weighted by Gasteiger charge is -2.14. The average molecular weight is 652 g/mol. The second-order valence-corrected chi connectivity index (χ2v) is 12.8. The number of aromatic nitrogens is 3. The van der Waals surface area contributed by atoms with E-state index in [1.54, 1.807) is 0 Å². The van der Waals surface area contributed by atoms with Crippen molar-refractivity contribution in [3.8, 4) is 56.4 Å². The molecule has 0 fully saturated rings. The van der Waals surface area contributed by atoms with Gasteiger partial charge in [0, 0.05) is 27.5 Å². The first kappa shape index (κ1) is 29.0. The Balaban J connectivity index is 1.24. The Morgan fingerprint density at radius 2 is 0.922 bits per heavy atom. The highest BCUT2D eigenvalue weighted by Gasteiger charge is 2.19. The molecule has 0 saturated carbocycles. The maximum Gasteiger partial charge on any atom is 0.164 e. The van der Waals surface area contributed by atoms with E-state index in [4.69, 9.17) is 19.4 Å². The van der Waals surface area contributed by atoms with E-state index < -0.39 is 0 Å². The first-order valence-corrected chi connectivity index (χ1v) is 17.1. The minimum atomic E-state index is 0.596. The van der Waals surface area contributed by atoms with Gasteiger partial charge in [-0.1, -0.05) is 152 Å². The molecule has 0 radical (unpaired) electrons. The lowest BCUT2D eigenvalue weighted by atomic mass is 9.92. The van der Waals surface area contributed by atoms with Crippen molar-refractivity contribution in [2.24, 2.45) is 0 Å². The summed E-state index contributed by atoms with van der Waals surface area (Å²) in [5, 5.41) is 6.74. The predicted octanol–water partition coefficient (Wildman–Crippen LogP) is 12.4. The van der Waals surface area contributed by atoms with Crippen molar-refractivity contribution in [1.29, 1.82) is 0 Å². The highest BCUT2D eigenvalue weighted by Crippen LogP contribution is 2.39. The Hall–Kier alpha value is -6.91. The molecule has 51 heavy (non-hydrogen) atoms. The average Bonchev–Trinajstić information content (AvgIpc) is 3.60. The summed E-state index contributed by atoms with van der Waals surface area (Å²) in [4.78, 5) is 15.6. The molecule has 4 heteroatoms. The summed E-state index contributed by atoms with van der Waals surface area (Å²) in [5.74, 6) is 1.82. The fraction of sp³-hybridized carbons (Fsp3) is 0. The molecule has 0 aliphatic carbocycles. The molecular weight excluding hydrogens is 623 g/mol. The second kappa shape index (κ2) is 11.9. The summed E-state index contributed by atoms with van der Waals surface area (Å²) in [6.45, 7) is 0. The maximum atomic E-state index is 6.28. The summed E-state index contributed by atoms with van der Waals surface area (Å²) in [6.07, 6.45) is 0. The van der Waals surface area contributed by atoms with Crippen LogP contribution in [0.2, 0.25) is 0 Å². The van der Waals surface area contributed by atoms with Gasteiger partial charge >= 0.3 is 0 Å². The van der Waals surface area contributed by atoms with Gasteiger partial charge in [0.05, 0.1) is 0 Å². The molecule has 0 N–H and O–H groups in total. The number of hydrogen-bond donors (Lipinski definition) is 0. The van der Waals surface area contributed by atoms with Crippen LogP contribution >= 0.6 is 0 Å².